The van der Waals surface area contributed by atoms with Gasteiger partial charge in [0, 0.05) is 46.9 Å². The molecular weight excluding hydrogens is 828 g/mol. The van der Waals surface area contributed by atoms with E-state index in [2.05, 4.69) is 31.9 Å². The molecule has 3 heterocycles. The van der Waals surface area contributed by atoms with Crippen molar-refractivity contribution in [2.45, 2.75) is 70.4 Å². The third kappa shape index (κ3) is 8.62. The minimum Gasteiger partial charge on any atom is -0.361 e. The molecule has 0 N–H and O–H groups in total. The highest BCUT2D eigenvalue weighted by atomic mass is 79.9. The summed E-state index contributed by atoms with van der Waals surface area (Å²) < 4.78 is 17.0. The molecule has 2 saturated heterocycles. The molecule has 2 fully saturated rings. The summed E-state index contributed by atoms with van der Waals surface area (Å²) in [6.07, 6.45) is 1.26. The first-order valence-corrected chi connectivity index (χ1v) is 20.0. The Bertz CT molecular complexity index is 2230. The van der Waals surface area contributed by atoms with E-state index in [-0.39, 0.29) is 36.0 Å². The molecule has 0 spiro atoms. The van der Waals surface area contributed by atoms with Crippen LogP contribution in [0.1, 0.15) is 52.7 Å². The maximum Gasteiger partial charge on any atom is 0.330 e. The molecule has 0 aliphatic carbocycles. The summed E-state index contributed by atoms with van der Waals surface area (Å²) in [6.45, 7) is 3.59. The van der Waals surface area contributed by atoms with Gasteiger partial charge in [0.05, 0.1) is 25.3 Å². The number of nitrogens with zero attached hydrogens (tertiary/aromatic N) is 4. The number of benzene rings is 4. The van der Waals surface area contributed by atoms with Crippen molar-refractivity contribution in [1.82, 2.24) is 18.9 Å². The molecule has 0 saturated carbocycles. The van der Waals surface area contributed by atoms with E-state index in [4.69, 9.17) is 9.47 Å². The minimum atomic E-state index is -0.632. The van der Waals surface area contributed by atoms with Crippen LogP contribution in [-0.4, -0.2) is 56.0 Å². The SMILES string of the molecule is Cc1cn(CCCN2C(=O)[C@@H](OCc3ccccc3)[C@H]2c2ccc(Br)cc2)c(=O)n(CCCN2C(=O)[C@H](OCc3ccccc3)[C@@H]2c2ccc(Br)cc2)c1=O. The number of hydrogen-bond donors (Lipinski definition) is 0. The van der Waals surface area contributed by atoms with Gasteiger partial charge in [-0.15, -0.1) is 0 Å². The van der Waals surface area contributed by atoms with Crippen LogP contribution in [0.5, 0.6) is 0 Å². The first-order valence-electron chi connectivity index (χ1n) is 18.4. The average molecular weight is 871 g/mol. The zero-order chi connectivity index (χ0) is 38.5. The zero-order valence-electron chi connectivity index (χ0n) is 30.4. The van der Waals surface area contributed by atoms with Gasteiger partial charge in [0.15, 0.2) is 12.2 Å². The van der Waals surface area contributed by atoms with E-state index in [1.54, 1.807) is 27.5 Å². The number of ether oxygens (including phenoxy) is 2. The van der Waals surface area contributed by atoms with Crippen molar-refractivity contribution in [3.05, 3.63) is 173 Å². The lowest BCUT2D eigenvalue weighted by molar-refractivity contribution is -0.177. The van der Waals surface area contributed by atoms with Gasteiger partial charge in [-0.25, -0.2) is 4.79 Å². The normalized spacial score (nSPS) is 19.3. The molecule has 1 aromatic heterocycles. The number of carbonyl (C=O) groups is 2. The van der Waals surface area contributed by atoms with E-state index in [0.29, 0.717) is 51.3 Å². The van der Waals surface area contributed by atoms with Crippen molar-refractivity contribution in [3.8, 4) is 0 Å². The molecule has 2 aliphatic heterocycles. The summed E-state index contributed by atoms with van der Waals surface area (Å²) in [6, 6.07) is 34.7. The lowest BCUT2D eigenvalue weighted by atomic mass is 9.90. The molecule has 0 radical (unpaired) electrons. The van der Waals surface area contributed by atoms with Crippen LogP contribution < -0.4 is 11.2 Å². The summed E-state index contributed by atoms with van der Waals surface area (Å²) >= 11 is 6.99. The summed E-state index contributed by atoms with van der Waals surface area (Å²) in [5.41, 5.74) is 3.58. The Morgan fingerprint density at radius 3 is 1.45 bits per heavy atom. The second kappa shape index (κ2) is 17.5. The number of aromatic nitrogens is 2. The molecule has 12 heteroatoms. The molecule has 284 valence electrons. The number of amides is 2. The Kier molecular flexibility index (Phi) is 12.3. The molecular formula is C43H42Br2N4O6. The number of halogens is 2. The fourth-order valence-corrected chi connectivity index (χ4v) is 7.90. The molecule has 5 aromatic rings. The summed E-state index contributed by atoms with van der Waals surface area (Å²) in [4.78, 5) is 57.3. The number of likely N-dealkylation sites (tertiary alicyclic amines) is 2. The van der Waals surface area contributed by atoms with Gasteiger partial charge in [-0.1, -0.05) is 117 Å². The predicted octanol–water partition coefficient (Wildman–Crippen LogP) is 6.96. The largest absolute Gasteiger partial charge is 0.361 e. The number of aryl methyl sites for hydroxylation is 2. The van der Waals surface area contributed by atoms with Crippen molar-refractivity contribution in [1.29, 1.82) is 0 Å². The number of hydrogen-bond acceptors (Lipinski definition) is 6. The smallest absolute Gasteiger partial charge is 0.330 e. The molecule has 0 unspecified atom stereocenters. The lowest BCUT2D eigenvalue weighted by Gasteiger charge is -2.47. The topological polar surface area (TPSA) is 103 Å². The fourth-order valence-electron chi connectivity index (χ4n) is 7.37. The first kappa shape index (κ1) is 38.6. The van der Waals surface area contributed by atoms with Crippen LogP contribution in [0.2, 0.25) is 0 Å². The van der Waals surface area contributed by atoms with Gasteiger partial charge in [-0.3, -0.25) is 19.0 Å². The highest BCUT2D eigenvalue weighted by Gasteiger charge is 2.49. The third-order valence-corrected chi connectivity index (χ3v) is 11.3. The average Bonchev–Trinajstić information content (AvgIpc) is 3.20. The second-order valence-electron chi connectivity index (χ2n) is 13.9. The van der Waals surface area contributed by atoms with E-state index < -0.39 is 17.9 Å². The van der Waals surface area contributed by atoms with E-state index in [9.17, 15) is 19.2 Å². The van der Waals surface area contributed by atoms with Crippen LogP contribution in [0, 0.1) is 6.92 Å². The summed E-state index contributed by atoms with van der Waals surface area (Å²) in [7, 11) is 0. The maximum absolute atomic E-state index is 13.7. The molecule has 2 amide bonds. The Balaban J connectivity index is 0.991. The standard InChI is InChI=1S/C43H42Br2N4O6/c1-29-26-46(22-8-23-47-36(32-14-18-34(44)19-15-32)38(41(47)51)54-27-30-10-4-2-5-11-30)43(53)49(40(29)50)25-9-24-48-37(33-16-20-35(45)21-17-33)39(42(48)52)55-28-31-12-6-3-7-13-31/h2-7,10-21,26,36-39H,8-9,22-25,27-28H2,1H3/t36-,37+,38+,39-/m1/s1. The highest BCUT2D eigenvalue weighted by molar-refractivity contribution is 9.10. The molecule has 7 rings (SSSR count). The first-order chi connectivity index (χ1) is 26.7. The van der Waals surface area contributed by atoms with Gasteiger partial charge in [0.1, 0.15) is 0 Å². The predicted molar refractivity (Wildman–Crippen MR) is 216 cm³/mol. The van der Waals surface area contributed by atoms with Gasteiger partial charge in [0.25, 0.3) is 17.4 Å². The van der Waals surface area contributed by atoms with Crippen LogP contribution in [0.3, 0.4) is 0 Å². The van der Waals surface area contributed by atoms with Crippen LogP contribution in [0.25, 0.3) is 0 Å². The van der Waals surface area contributed by atoms with Crippen molar-refractivity contribution >= 4 is 43.7 Å². The van der Waals surface area contributed by atoms with Gasteiger partial charge in [-0.05, 0) is 66.3 Å². The molecule has 10 nitrogen and oxygen atoms in total. The van der Waals surface area contributed by atoms with Crippen LogP contribution in [0.15, 0.2) is 134 Å². The molecule has 2 aliphatic rings. The molecule has 4 atom stereocenters. The second-order valence-corrected chi connectivity index (χ2v) is 15.8. The van der Waals surface area contributed by atoms with Crippen molar-refractivity contribution in [2.75, 3.05) is 13.1 Å². The maximum atomic E-state index is 13.7. The van der Waals surface area contributed by atoms with Crippen LogP contribution in [0.4, 0.5) is 0 Å². The minimum absolute atomic E-state index is 0.0907. The Hall–Kier alpha value is -4.62. The van der Waals surface area contributed by atoms with Crippen molar-refractivity contribution in [3.63, 3.8) is 0 Å². The van der Waals surface area contributed by atoms with E-state index >= 15 is 0 Å². The highest BCUT2D eigenvalue weighted by Crippen LogP contribution is 2.39. The Labute approximate surface area is 336 Å². The van der Waals surface area contributed by atoms with E-state index in [0.717, 1.165) is 31.2 Å². The monoisotopic (exact) mass is 868 g/mol. The van der Waals surface area contributed by atoms with Crippen LogP contribution in [-0.2, 0) is 45.4 Å². The van der Waals surface area contributed by atoms with Gasteiger partial charge in [0.2, 0.25) is 0 Å². The van der Waals surface area contributed by atoms with Crippen molar-refractivity contribution in [2.24, 2.45) is 0 Å². The van der Waals surface area contributed by atoms with Gasteiger partial charge >= 0.3 is 5.69 Å². The number of rotatable bonds is 16. The molecule has 4 aromatic carbocycles. The number of β-lactam (4-membered cyclic amide) rings is 2. The Morgan fingerprint density at radius 1 is 0.564 bits per heavy atom. The van der Waals surface area contributed by atoms with Gasteiger partial charge in [-0.2, -0.15) is 0 Å². The zero-order valence-corrected chi connectivity index (χ0v) is 33.6. The summed E-state index contributed by atoms with van der Waals surface area (Å²) in [5.74, 6) is -0.209. The third-order valence-electron chi connectivity index (χ3n) is 10.3. The van der Waals surface area contributed by atoms with E-state index in [1.165, 1.54) is 4.57 Å². The number of carbonyl (C=O) groups excluding carboxylic acids is 2. The van der Waals surface area contributed by atoms with Crippen LogP contribution >= 0.6 is 31.9 Å². The van der Waals surface area contributed by atoms with Crippen molar-refractivity contribution < 1.29 is 19.1 Å². The Morgan fingerprint density at radius 2 is 1.00 bits per heavy atom. The summed E-state index contributed by atoms with van der Waals surface area (Å²) in [5, 5.41) is 0. The fraction of sp³-hybridized carbons (Fsp3) is 0.302. The lowest BCUT2D eigenvalue weighted by Crippen LogP contribution is -2.60. The van der Waals surface area contributed by atoms with Gasteiger partial charge < -0.3 is 23.8 Å². The van der Waals surface area contributed by atoms with E-state index in [1.807, 2.05) is 109 Å². The quantitative estimate of drug-likeness (QED) is 0.0995. The molecule has 55 heavy (non-hydrogen) atoms. The molecule has 0 bridgehead atoms.